The minimum atomic E-state index is -0.341. The summed E-state index contributed by atoms with van der Waals surface area (Å²) in [6, 6.07) is 14.0. The average Bonchev–Trinajstić information content (AvgIpc) is 3.09. The Morgan fingerprint density at radius 2 is 1.77 bits per heavy atom. The van der Waals surface area contributed by atoms with E-state index >= 15 is 0 Å². The number of hydrogen-bond acceptors (Lipinski definition) is 4. The Bertz CT molecular complexity index is 792. The van der Waals surface area contributed by atoms with Crippen LogP contribution in [0.2, 0.25) is 0 Å². The lowest BCUT2D eigenvalue weighted by molar-refractivity contribution is 0.0601. The van der Waals surface area contributed by atoms with Gasteiger partial charge in [-0.2, -0.15) is 0 Å². The van der Waals surface area contributed by atoms with E-state index in [0.29, 0.717) is 5.56 Å². The highest BCUT2D eigenvalue weighted by atomic mass is 32.1. The summed E-state index contributed by atoms with van der Waals surface area (Å²) in [7, 11) is 1.39. The largest absolute Gasteiger partial charge is 0.465 e. The van der Waals surface area contributed by atoms with Gasteiger partial charge in [-0.25, -0.2) is 9.78 Å². The molecule has 1 heterocycles. The van der Waals surface area contributed by atoms with Gasteiger partial charge in [0.2, 0.25) is 0 Å². The quantitative estimate of drug-likeness (QED) is 0.665. The fourth-order valence-corrected chi connectivity index (χ4v) is 2.89. The van der Waals surface area contributed by atoms with Gasteiger partial charge in [0.1, 0.15) is 5.01 Å². The predicted octanol–water partition coefficient (Wildman–Crippen LogP) is 4.57. The highest BCUT2D eigenvalue weighted by molar-refractivity contribution is 7.13. The monoisotopic (exact) mass is 309 g/mol. The molecule has 0 radical (unpaired) electrons. The van der Waals surface area contributed by atoms with Gasteiger partial charge in [-0.3, -0.25) is 0 Å². The summed E-state index contributed by atoms with van der Waals surface area (Å²) in [5.74, 6) is -0.341. The van der Waals surface area contributed by atoms with E-state index in [9.17, 15) is 4.79 Å². The number of rotatable bonds is 3. The van der Waals surface area contributed by atoms with E-state index in [1.54, 1.807) is 17.5 Å². The molecule has 0 saturated carbocycles. The average molecular weight is 309 g/mol. The molecular weight excluding hydrogens is 294 g/mol. The molecule has 0 aliphatic carbocycles. The molecule has 0 unspecified atom stereocenters. The number of benzene rings is 2. The molecule has 22 heavy (non-hydrogen) atoms. The summed E-state index contributed by atoms with van der Waals surface area (Å²) in [4.78, 5) is 16.3. The molecule has 3 rings (SSSR count). The zero-order chi connectivity index (χ0) is 15.5. The van der Waals surface area contributed by atoms with Crippen molar-refractivity contribution in [2.45, 2.75) is 6.92 Å². The van der Waals surface area contributed by atoms with E-state index in [2.05, 4.69) is 42.2 Å². The lowest BCUT2D eigenvalue weighted by atomic mass is 9.99. The fourth-order valence-electron chi connectivity index (χ4n) is 2.27. The van der Waals surface area contributed by atoms with Crippen molar-refractivity contribution >= 4 is 17.3 Å². The number of aryl methyl sites for hydroxylation is 1. The second kappa shape index (κ2) is 6.12. The minimum Gasteiger partial charge on any atom is -0.465 e. The van der Waals surface area contributed by atoms with Crippen LogP contribution in [0.1, 0.15) is 15.9 Å². The van der Waals surface area contributed by atoms with Crippen molar-refractivity contribution in [2.75, 3.05) is 7.11 Å². The molecule has 3 nitrogen and oxygen atoms in total. The highest BCUT2D eigenvalue weighted by Crippen LogP contribution is 2.29. The molecule has 0 amide bonds. The van der Waals surface area contributed by atoms with Crippen molar-refractivity contribution < 1.29 is 9.53 Å². The number of methoxy groups -OCH3 is 1. The maximum absolute atomic E-state index is 11.9. The molecule has 2 aromatic carbocycles. The van der Waals surface area contributed by atoms with Crippen LogP contribution < -0.4 is 0 Å². The van der Waals surface area contributed by atoms with Gasteiger partial charge in [0, 0.05) is 17.1 Å². The number of carbonyl (C=O) groups is 1. The van der Waals surface area contributed by atoms with E-state index in [4.69, 9.17) is 4.74 Å². The van der Waals surface area contributed by atoms with Gasteiger partial charge >= 0.3 is 5.97 Å². The molecule has 0 atom stereocenters. The van der Waals surface area contributed by atoms with Gasteiger partial charge in [-0.05, 0) is 36.2 Å². The zero-order valence-electron chi connectivity index (χ0n) is 12.4. The van der Waals surface area contributed by atoms with E-state index in [1.165, 1.54) is 12.7 Å². The van der Waals surface area contributed by atoms with Gasteiger partial charge in [0.05, 0.1) is 12.7 Å². The molecule has 4 heteroatoms. The normalized spacial score (nSPS) is 10.5. The second-order valence-electron chi connectivity index (χ2n) is 4.99. The van der Waals surface area contributed by atoms with Crippen molar-refractivity contribution in [3.63, 3.8) is 0 Å². The van der Waals surface area contributed by atoms with E-state index in [1.807, 2.05) is 17.5 Å². The van der Waals surface area contributed by atoms with E-state index in [-0.39, 0.29) is 5.97 Å². The molecular formula is C18H15NO2S. The van der Waals surface area contributed by atoms with Crippen LogP contribution in [0, 0.1) is 6.92 Å². The lowest BCUT2D eigenvalue weighted by Gasteiger charge is -2.08. The zero-order valence-corrected chi connectivity index (χ0v) is 13.2. The van der Waals surface area contributed by atoms with Crippen LogP contribution >= 0.6 is 11.3 Å². The Morgan fingerprint density at radius 3 is 2.41 bits per heavy atom. The summed E-state index contributed by atoms with van der Waals surface area (Å²) in [5, 5.41) is 2.81. The third-order valence-corrected chi connectivity index (χ3v) is 4.24. The summed E-state index contributed by atoms with van der Waals surface area (Å²) >= 11 is 1.55. The van der Waals surface area contributed by atoms with Gasteiger partial charge in [-0.1, -0.05) is 29.8 Å². The molecule has 0 aliphatic rings. The van der Waals surface area contributed by atoms with Gasteiger partial charge in [-0.15, -0.1) is 11.3 Å². The van der Waals surface area contributed by atoms with Gasteiger partial charge in [0.25, 0.3) is 0 Å². The number of carbonyl (C=O) groups excluding carboxylic acids is 1. The predicted molar refractivity (Wildman–Crippen MR) is 89.1 cm³/mol. The van der Waals surface area contributed by atoms with Crippen LogP contribution in [0.4, 0.5) is 0 Å². The molecule has 0 spiro atoms. The van der Waals surface area contributed by atoms with Crippen LogP contribution in [-0.4, -0.2) is 18.1 Å². The summed E-state index contributed by atoms with van der Waals surface area (Å²) in [6.07, 6.45) is 1.76. The minimum absolute atomic E-state index is 0.341. The number of ether oxygens (including phenoxy) is 1. The summed E-state index contributed by atoms with van der Waals surface area (Å²) < 4.78 is 4.86. The Labute approximate surface area is 133 Å². The lowest BCUT2D eigenvalue weighted by Crippen LogP contribution is -2.01. The molecule has 0 N–H and O–H groups in total. The van der Waals surface area contributed by atoms with Crippen LogP contribution in [0.3, 0.4) is 0 Å². The van der Waals surface area contributed by atoms with Crippen LogP contribution in [0.15, 0.2) is 54.0 Å². The van der Waals surface area contributed by atoms with Crippen molar-refractivity contribution in [2.24, 2.45) is 0 Å². The topological polar surface area (TPSA) is 39.2 Å². The first kappa shape index (κ1) is 14.5. The Balaban J connectivity index is 2.14. The van der Waals surface area contributed by atoms with Crippen LogP contribution in [0.5, 0.6) is 0 Å². The molecule has 1 aromatic heterocycles. The number of esters is 1. The molecule has 0 aliphatic heterocycles. The van der Waals surface area contributed by atoms with Crippen LogP contribution in [-0.2, 0) is 4.74 Å². The Morgan fingerprint density at radius 1 is 1.05 bits per heavy atom. The molecule has 0 saturated heterocycles. The van der Waals surface area contributed by atoms with E-state index < -0.39 is 0 Å². The third kappa shape index (κ3) is 2.92. The number of hydrogen-bond donors (Lipinski definition) is 0. The first-order valence-corrected chi connectivity index (χ1v) is 7.75. The highest BCUT2D eigenvalue weighted by Gasteiger charge is 2.12. The van der Waals surface area contributed by atoms with Crippen molar-refractivity contribution in [1.82, 2.24) is 4.98 Å². The Kier molecular flexibility index (Phi) is 4.02. The second-order valence-corrected chi connectivity index (χ2v) is 5.89. The van der Waals surface area contributed by atoms with Gasteiger partial charge in [0.15, 0.2) is 0 Å². The van der Waals surface area contributed by atoms with Gasteiger partial charge < -0.3 is 4.74 Å². The maximum Gasteiger partial charge on any atom is 0.337 e. The maximum atomic E-state index is 11.9. The summed E-state index contributed by atoms with van der Waals surface area (Å²) in [5.41, 5.74) is 4.70. The smallest absolute Gasteiger partial charge is 0.337 e. The van der Waals surface area contributed by atoms with Crippen LogP contribution in [0.25, 0.3) is 21.7 Å². The van der Waals surface area contributed by atoms with E-state index in [0.717, 1.165) is 21.7 Å². The fraction of sp³-hybridized carbons (Fsp3) is 0.111. The van der Waals surface area contributed by atoms with Crippen molar-refractivity contribution in [1.29, 1.82) is 0 Å². The number of nitrogens with zero attached hydrogens (tertiary/aromatic N) is 1. The first-order chi connectivity index (χ1) is 10.7. The molecule has 3 aromatic rings. The SMILES string of the molecule is COC(=O)c1cc(-c2ccc(C)cc2)cc(-c2nccs2)c1. The molecule has 110 valence electrons. The number of aromatic nitrogens is 1. The van der Waals surface area contributed by atoms with Crippen molar-refractivity contribution in [3.8, 4) is 21.7 Å². The number of thiazole rings is 1. The third-order valence-electron chi connectivity index (χ3n) is 3.42. The molecule has 0 bridgehead atoms. The molecule has 0 fully saturated rings. The first-order valence-electron chi connectivity index (χ1n) is 6.87. The van der Waals surface area contributed by atoms with Crippen molar-refractivity contribution in [3.05, 3.63) is 65.2 Å². The Hall–Kier alpha value is -2.46. The summed E-state index contributed by atoms with van der Waals surface area (Å²) in [6.45, 7) is 2.05. The standard InChI is InChI=1S/C18H15NO2S/c1-12-3-5-13(6-4-12)14-9-15(17-19-7-8-22-17)11-16(10-14)18(20)21-2/h3-11H,1-2H3.